The van der Waals surface area contributed by atoms with Gasteiger partial charge in [0.25, 0.3) is 0 Å². The minimum Gasteiger partial charge on any atom is -0.790 e. The molecule has 0 radical (unpaired) electrons. The molecule has 0 aliphatic carbocycles. The van der Waals surface area contributed by atoms with Gasteiger partial charge in [-0.3, -0.25) is 4.79 Å². The van der Waals surface area contributed by atoms with Crippen molar-refractivity contribution in [1.29, 1.82) is 0 Å². The zero-order chi connectivity index (χ0) is 26.4. The molecule has 0 amide bonds. The topological polar surface area (TPSA) is 196 Å². The fourth-order valence-electron chi connectivity index (χ4n) is 3.00. The molecule has 0 aliphatic rings. The van der Waals surface area contributed by atoms with Gasteiger partial charge in [-0.2, -0.15) is 0 Å². The Morgan fingerprint density at radius 2 is 1.58 bits per heavy atom. The van der Waals surface area contributed by atoms with Gasteiger partial charge in [0.2, 0.25) is 0 Å². The first-order valence-electron chi connectivity index (χ1n) is 9.79. The van der Waals surface area contributed by atoms with E-state index < -0.39 is 33.6 Å². The van der Waals surface area contributed by atoms with Crippen LogP contribution in [-0.4, -0.2) is 60.9 Å². The van der Waals surface area contributed by atoms with Crippen LogP contribution in [0.3, 0.4) is 0 Å². The molecule has 0 bridgehead atoms. The van der Waals surface area contributed by atoms with Gasteiger partial charge in [0.1, 0.15) is 24.0 Å². The fraction of sp³-hybridized carbons (Fsp3) is 0.250. The summed E-state index contributed by atoms with van der Waals surface area (Å²) in [5.41, 5.74) is -0.0764. The first-order valence-corrected chi connectivity index (χ1v) is 12.7. The van der Waals surface area contributed by atoms with Gasteiger partial charge in [-0.15, -0.1) is 0 Å². The molecule has 0 fully saturated rings. The maximum atomic E-state index is 14.7. The van der Waals surface area contributed by atoms with Gasteiger partial charge < -0.3 is 52.2 Å². The van der Waals surface area contributed by atoms with E-state index in [0.29, 0.717) is 17.7 Å². The van der Waals surface area contributed by atoms with Crippen molar-refractivity contribution < 1.29 is 111 Å². The molecular weight excluding hydrogens is 597 g/mol. The summed E-state index contributed by atoms with van der Waals surface area (Å²) >= 11 is 0. The van der Waals surface area contributed by atoms with Crippen molar-refractivity contribution in [2.24, 2.45) is 0 Å². The number of nitrogens with zero attached hydrogens (tertiary/aromatic N) is 1. The Morgan fingerprint density at radius 3 is 2.05 bits per heavy atom. The maximum Gasteiger partial charge on any atom is 2.00 e. The Kier molecular flexibility index (Phi) is 19.6. The van der Waals surface area contributed by atoms with Crippen LogP contribution >= 0.6 is 15.6 Å². The molecule has 0 aliphatic heterocycles. The van der Waals surface area contributed by atoms with Gasteiger partial charge in [-0.05, 0) is 36.2 Å². The van der Waals surface area contributed by atoms with E-state index in [0.717, 1.165) is 6.07 Å². The molecule has 18 heteroatoms. The molecular formula is C20H20CaFNNa2O11P2. The zero-order valence-corrected chi connectivity index (χ0v) is 29.1. The van der Waals surface area contributed by atoms with E-state index in [9.17, 15) is 23.5 Å². The summed E-state index contributed by atoms with van der Waals surface area (Å²) < 4.78 is 50.7. The fourth-order valence-corrected chi connectivity index (χ4v) is 3.27. The van der Waals surface area contributed by atoms with Crippen molar-refractivity contribution in [2.75, 3.05) is 13.7 Å². The standard InChI is InChI=1S/C20H21FNO7P.Ca.2Na.H3O4P/c1-3-10-28-17-9-8-16(21)18-19(17)22(12-29-30(24,25)26)11-15(20(18)23)13-4-6-14(27-2)7-5-13;;;;1-5(2,3)4/h4-9,11H,3,10,12H2,1-2H3,(H2,24,25,26);;;;(H3,1,2,3,4)/q;+2;2*+1;/p-4. The Morgan fingerprint density at radius 1 is 1.03 bits per heavy atom. The normalized spacial score (nSPS) is 10.7. The molecule has 192 valence electrons. The molecule has 3 rings (SSSR count). The number of halogens is 1. The predicted octanol–water partition coefficient (Wildman–Crippen LogP) is -6.16. The second-order valence-electron chi connectivity index (χ2n) is 6.86. The molecule has 1 N–H and O–H groups in total. The number of ether oxygens (including phenoxy) is 2. The van der Waals surface area contributed by atoms with Crippen LogP contribution in [0.25, 0.3) is 22.0 Å². The van der Waals surface area contributed by atoms with E-state index in [1.54, 1.807) is 24.3 Å². The van der Waals surface area contributed by atoms with E-state index in [-0.39, 0.29) is 126 Å². The van der Waals surface area contributed by atoms with Crippen molar-refractivity contribution in [1.82, 2.24) is 4.57 Å². The second kappa shape index (κ2) is 18.3. The molecule has 0 saturated carbocycles. The monoisotopic (exact) mass is 617 g/mol. The van der Waals surface area contributed by atoms with Crippen LogP contribution in [0.2, 0.25) is 0 Å². The van der Waals surface area contributed by atoms with E-state index in [4.69, 9.17) is 28.7 Å². The van der Waals surface area contributed by atoms with Crippen molar-refractivity contribution in [3.8, 4) is 22.6 Å². The van der Waals surface area contributed by atoms with Crippen LogP contribution in [-0.2, 0) is 20.4 Å². The van der Waals surface area contributed by atoms with Crippen molar-refractivity contribution >= 4 is 64.3 Å². The summed E-state index contributed by atoms with van der Waals surface area (Å²) in [4.78, 5) is 59.4. The summed E-state index contributed by atoms with van der Waals surface area (Å²) in [6, 6.07) is 8.90. The maximum absolute atomic E-state index is 14.7. The zero-order valence-electron chi connectivity index (χ0n) is 21.1. The smallest absolute Gasteiger partial charge is 0.790 e. The van der Waals surface area contributed by atoms with Gasteiger partial charge in [-0.25, -0.2) is 4.39 Å². The van der Waals surface area contributed by atoms with Crippen LogP contribution in [0, 0.1) is 5.82 Å². The number of phosphoric acid groups is 2. The van der Waals surface area contributed by atoms with Gasteiger partial charge in [0.05, 0.1) is 40.3 Å². The second-order valence-corrected chi connectivity index (χ2v) is 8.95. The number of fused-ring (bicyclic) bond motifs is 1. The molecule has 0 spiro atoms. The Hall–Kier alpha value is 0.660. The van der Waals surface area contributed by atoms with Gasteiger partial charge in [0.15, 0.2) is 5.43 Å². The van der Waals surface area contributed by atoms with E-state index in [2.05, 4.69) is 4.52 Å². The molecule has 0 unspecified atom stereocenters. The van der Waals surface area contributed by atoms with Crippen molar-refractivity contribution in [3.05, 3.63) is 58.6 Å². The van der Waals surface area contributed by atoms with Gasteiger partial charge in [0, 0.05) is 11.8 Å². The van der Waals surface area contributed by atoms with Crippen molar-refractivity contribution in [3.63, 3.8) is 0 Å². The minimum absolute atomic E-state index is 0. The van der Waals surface area contributed by atoms with E-state index in [1.165, 1.54) is 23.9 Å². The predicted molar refractivity (Wildman–Crippen MR) is 120 cm³/mol. The number of pyridine rings is 1. The van der Waals surface area contributed by atoms with Crippen LogP contribution in [0.1, 0.15) is 13.3 Å². The third-order valence-electron chi connectivity index (χ3n) is 4.35. The number of methoxy groups -OCH3 is 1. The number of hydrogen-bond donors (Lipinski definition) is 1. The molecule has 2 aromatic carbocycles. The van der Waals surface area contributed by atoms with Gasteiger partial charge in [-0.1, -0.05) is 19.1 Å². The SMILES string of the molecule is CCCOc1ccc(F)c2c(=O)c(-c3ccc(OC)cc3)cn(COP(=O)([O-])[O-])c12.O=P([O-])([O-])O.[Ca+2].[Na+].[Na+]. The molecule has 0 atom stereocenters. The Balaban J connectivity index is 0. The largest absolute Gasteiger partial charge is 2.00 e. The van der Waals surface area contributed by atoms with E-state index >= 15 is 0 Å². The average molecular weight is 617 g/mol. The van der Waals surface area contributed by atoms with Gasteiger partial charge >= 0.3 is 96.9 Å². The molecule has 3 aromatic rings. The molecule has 1 aromatic heterocycles. The summed E-state index contributed by atoms with van der Waals surface area (Å²) in [5.74, 6) is -0.0828. The van der Waals surface area contributed by atoms with Crippen LogP contribution in [0.4, 0.5) is 4.39 Å². The first kappa shape index (κ1) is 40.8. The molecule has 12 nitrogen and oxygen atoms in total. The number of phosphoric ester groups is 1. The molecule has 38 heavy (non-hydrogen) atoms. The summed E-state index contributed by atoms with van der Waals surface area (Å²) in [7, 11) is -8.96. The summed E-state index contributed by atoms with van der Waals surface area (Å²) in [6.45, 7) is 1.42. The number of aromatic nitrogens is 1. The Bertz CT molecular complexity index is 1330. The number of benzene rings is 2. The van der Waals surface area contributed by atoms with Crippen LogP contribution in [0.5, 0.6) is 11.5 Å². The third-order valence-corrected chi connectivity index (χ3v) is 4.78. The van der Waals surface area contributed by atoms with Crippen LogP contribution in [0.15, 0.2) is 47.4 Å². The summed E-state index contributed by atoms with van der Waals surface area (Å²) in [5, 5.41) is -0.299. The third kappa shape index (κ3) is 13.1. The molecule has 1 heterocycles. The average Bonchev–Trinajstić information content (AvgIpc) is 2.76. The van der Waals surface area contributed by atoms with Crippen molar-refractivity contribution in [2.45, 2.75) is 20.1 Å². The minimum atomic E-state index is -5.32. The molecule has 0 saturated heterocycles. The van der Waals surface area contributed by atoms with E-state index in [1.807, 2.05) is 6.92 Å². The van der Waals surface area contributed by atoms with Crippen LogP contribution < -0.4 is 93.6 Å². The number of hydrogen-bond acceptors (Lipinski definition) is 10. The quantitative estimate of drug-likeness (QED) is 0.187. The first-order chi connectivity index (χ1) is 16.2. The summed E-state index contributed by atoms with van der Waals surface area (Å²) in [6.07, 6.45) is 1.96. The Labute approximate surface area is 291 Å². The number of rotatable bonds is 8.